The van der Waals surface area contributed by atoms with Crippen molar-refractivity contribution in [3.63, 3.8) is 0 Å². The highest BCUT2D eigenvalue weighted by Crippen LogP contribution is 2.60. The van der Waals surface area contributed by atoms with Gasteiger partial charge in [-0.15, -0.1) is 0 Å². The fraction of sp³-hybridized carbons (Fsp3) is 0.667. The number of nitrogens with one attached hydrogen (secondary N) is 1. The molecule has 0 saturated heterocycles. The van der Waals surface area contributed by atoms with E-state index in [1.54, 1.807) is 30.3 Å². The van der Waals surface area contributed by atoms with Crippen LogP contribution in [0.15, 0.2) is 30.3 Å². The van der Waals surface area contributed by atoms with Gasteiger partial charge in [-0.3, -0.25) is 0 Å². The van der Waals surface area contributed by atoms with E-state index >= 15 is 0 Å². The lowest BCUT2D eigenvalue weighted by molar-refractivity contribution is -0.440. The Morgan fingerprint density at radius 1 is 0.735 bits per heavy atom. The average molecular weight is 527 g/mol. The molecule has 1 aromatic carbocycles. The van der Waals surface area contributed by atoms with Gasteiger partial charge in [-0.05, 0) is 5.56 Å². The summed E-state index contributed by atoms with van der Waals surface area (Å²) in [6, 6.07) is 8.56. The SMILES string of the molecule is OC(CNCc1ccccc1)COCCC(F)(F)C(F)(F)C(F)(F)C(F)(F)C(F)(F)C(F)(F)F. The van der Waals surface area contributed by atoms with Crippen molar-refractivity contribution in [3.05, 3.63) is 35.9 Å². The van der Waals surface area contributed by atoms with Crippen LogP contribution in [0.25, 0.3) is 0 Å². The molecule has 0 aliphatic heterocycles. The van der Waals surface area contributed by atoms with Crippen LogP contribution in [0.2, 0.25) is 0 Å². The number of aliphatic hydroxyl groups excluding tert-OH is 1. The fourth-order valence-corrected chi connectivity index (χ4v) is 2.42. The van der Waals surface area contributed by atoms with E-state index in [2.05, 4.69) is 10.1 Å². The van der Waals surface area contributed by atoms with E-state index in [-0.39, 0.29) is 13.1 Å². The molecule has 0 aromatic heterocycles. The Morgan fingerprint density at radius 3 is 1.74 bits per heavy atom. The van der Waals surface area contributed by atoms with Crippen LogP contribution in [0.1, 0.15) is 12.0 Å². The third kappa shape index (κ3) is 6.05. The molecule has 0 aliphatic carbocycles. The summed E-state index contributed by atoms with van der Waals surface area (Å²) in [6.07, 6.45) is -11.3. The first-order valence-electron chi connectivity index (χ1n) is 9.18. The van der Waals surface area contributed by atoms with Crippen LogP contribution in [-0.2, 0) is 11.3 Å². The van der Waals surface area contributed by atoms with E-state index < -0.39 is 61.5 Å². The number of rotatable bonds is 13. The van der Waals surface area contributed by atoms with Gasteiger partial charge >= 0.3 is 35.8 Å². The first-order chi connectivity index (χ1) is 15.2. The zero-order valence-electron chi connectivity index (χ0n) is 16.8. The monoisotopic (exact) mass is 527 g/mol. The van der Waals surface area contributed by atoms with Gasteiger partial charge in [0.2, 0.25) is 0 Å². The van der Waals surface area contributed by atoms with Crippen LogP contribution in [0.4, 0.5) is 57.1 Å². The Hall–Kier alpha value is -1.81. The van der Waals surface area contributed by atoms with Crippen molar-refractivity contribution in [2.24, 2.45) is 0 Å². The van der Waals surface area contributed by atoms with Crippen LogP contribution in [0.5, 0.6) is 0 Å². The molecule has 198 valence electrons. The number of alkyl halides is 13. The number of hydrogen-bond acceptors (Lipinski definition) is 3. The summed E-state index contributed by atoms with van der Waals surface area (Å²) in [6.45, 7) is -2.34. The highest BCUT2D eigenvalue weighted by molar-refractivity contribution is 5.14. The van der Waals surface area contributed by atoms with Gasteiger partial charge in [-0.2, -0.15) is 57.1 Å². The fourth-order valence-electron chi connectivity index (χ4n) is 2.42. The molecule has 0 heterocycles. The predicted octanol–water partition coefficient (Wildman–Crippen LogP) is 5.28. The predicted molar refractivity (Wildman–Crippen MR) is 90.4 cm³/mol. The van der Waals surface area contributed by atoms with Crippen molar-refractivity contribution >= 4 is 0 Å². The minimum absolute atomic E-state index is 0.210. The maximum absolute atomic E-state index is 13.6. The molecule has 3 nitrogen and oxygen atoms in total. The molecule has 0 radical (unpaired) electrons. The standard InChI is InChI=1S/C18H18F13NO2/c19-13(20,6-7-34-10-12(33)9-32-8-11-4-2-1-3-5-11)14(21,22)15(23,24)16(25,26)17(27,28)18(29,30)31/h1-5,12,32-33H,6-10H2. The first kappa shape index (κ1) is 30.2. The van der Waals surface area contributed by atoms with Gasteiger partial charge in [0.25, 0.3) is 0 Å². The highest BCUT2D eigenvalue weighted by Gasteiger charge is 2.90. The molecule has 34 heavy (non-hydrogen) atoms. The van der Waals surface area contributed by atoms with E-state index in [0.29, 0.717) is 0 Å². The van der Waals surface area contributed by atoms with Gasteiger partial charge < -0.3 is 15.2 Å². The lowest BCUT2D eigenvalue weighted by Crippen LogP contribution is -2.70. The van der Waals surface area contributed by atoms with E-state index in [1.807, 2.05) is 0 Å². The summed E-state index contributed by atoms with van der Waals surface area (Å²) in [5, 5.41) is 12.3. The normalized spacial score (nSPS) is 15.5. The van der Waals surface area contributed by atoms with Crippen LogP contribution < -0.4 is 5.32 Å². The average Bonchev–Trinajstić information content (AvgIpc) is 2.70. The zero-order chi connectivity index (χ0) is 26.6. The molecule has 0 saturated carbocycles. The van der Waals surface area contributed by atoms with Gasteiger partial charge in [0.05, 0.1) is 19.3 Å². The Bertz CT molecular complexity index is 769. The number of ether oxygens (including phenoxy) is 1. The molecule has 1 unspecified atom stereocenters. The second kappa shape index (κ2) is 10.4. The van der Waals surface area contributed by atoms with Crippen molar-refractivity contribution in [1.82, 2.24) is 5.32 Å². The van der Waals surface area contributed by atoms with Crippen molar-refractivity contribution in [3.8, 4) is 0 Å². The molecule has 0 bridgehead atoms. The topological polar surface area (TPSA) is 41.5 Å². The van der Waals surface area contributed by atoms with Crippen LogP contribution in [0.3, 0.4) is 0 Å². The molecule has 2 N–H and O–H groups in total. The van der Waals surface area contributed by atoms with Crippen molar-refractivity contribution in [2.75, 3.05) is 19.8 Å². The molecule has 1 atom stereocenters. The molecule has 1 rings (SSSR count). The molecule has 0 fully saturated rings. The van der Waals surface area contributed by atoms with E-state index in [9.17, 15) is 62.2 Å². The molecular weight excluding hydrogens is 509 g/mol. The summed E-state index contributed by atoms with van der Waals surface area (Å²) >= 11 is 0. The minimum atomic E-state index is -7.92. The number of aliphatic hydroxyl groups is 1. The second-order valence-corrected chi connectivity index (χ2v) is 7.10. The summed E-state index contributed by atoms with van der Waals surface area (Å²) in [5.74, 6) is -37.0. The minimum Gasteiger partial charge on any atom is -0.389 e. The zero-order valence-corrected chi connectivity index (χ0v) is 16.8. The van der Waals surface area contributed by atoms with Gasteiger partial charge in [-0.1, -0.05) is 30.3 Å². The van der Waals surface area contributed by atoms with Gasteiger partial charge in [0, 0.05) is 19.5 Å². The summed E-state index contributed by atoms with van der Waals surface area (Å²) in [4.78, 5) is 0. The maximum atomic E-state index is 13.6. The Labute approximate surface area is 183 Å². The van der Waals surface area contributed by atoms with Crippen molar-refractivity contribution < 1.29 is 66.9 Å². The number of benzene rings is 1. The van der Waals surface area contributed by atoms with Crippen molar-refractivity contribution in [2.45, 2.75) is 54.9 Å². The van der Waals surface area contributed by atoms with Gasteiger partial charge in [0.1, 0.15) is 0 Å². The van der Waals surface area contributed by atoms with Crippen LogP contribution in [0, 0.1) is 0 Å². The Kier molecular flexibility index (Phi) is 9.28. The molecule has 1 aromatic rings. The molecular formula is C18H18F13NO2. The van der Waals surface area contributed by atoms with E-state index in [0.717, 1.165) is 5.56 Å². The Morgan fingerprint density at radius 2 is 1.24 bits per heavy atom. The van der Waals surface area contributed by atoms with E-state index in [1.165, 1.54) is 0 Å². The third-order valence-electron chi connectivity index (χ3n) is 4.42. The van der Waals surface area contributed by atoms with Crippen molar-refractivity contribution in [1.29, 1.82) is 0 Å². The summed E-state index contributed by atoms with van der Waals surface area (Å²) < 4.78 is 173. The second-order valence-electron chi connectivity index (χ2n) is 7.10. The quantitative estimate of drug-likeness (QED) is 0.271. The third-order valence-corrected chi connectivity index (χ3v) is 4.42. The largest absolute Gasteiger partial charge is 0.460 e. The Balaban J connectivity index is 2.70. The number of hydrogen-bond donors (Lipinski definition) is 2. The van der Waals surface area contributed by atoms with Crippen LogP contribution in [-0.4, -0.2) is 66.8 Å². The van der Waals surface area contributed by atoms with Crippen LogP contribution >= 0.6 is 0 Å². The first-order valence-corrected chi connectivity index (χ1v) is 9.18. The smallest absolute Gasteiger partial charge is 0.389 e. The highest BCUT2D eigenvalue weighted by atomic mass is 19.4. The lowest BCUT2D eigenvalue weighted by atomic mass is 9.93. The van der Waals surface area contributed by atoms with E-state index in [4.69, 9.17) is 0 Å². The summed E-state index contributed by atoms with van der Waals surface area (Å²) in [7, 11) is 0. The number of halogens is 13. The van der Waals surface area contributed by atoms with Gasteiger partial charge in [-0.25, -0.2) is 0 Å². The molecule has 16 heteroatoms. The molecule has 0 aliphatic rings. The molecule has 0 spiro atoms. The maximum Gasteiger partial charge on any atom is 0.460 e. The van der Waals surface area contributed by atoms with Gasteiger partial charge in [0.15, 0.2) is 0 Å². The lowest BCUT2D eigenvalue weighted by Gasteiger charge is -2.39. The molecule has 0 amide bonds. The summed E-state index contributed by atoms with van der Waals surface area (Å²) in [5.41, 5.74) is 0.784.